The van der Waals surface area contributed by atoms with Crippen molar-refractivity contribution < 1.29 is 14.3 Å². The van der Waals surface area contributed by atoms with Gasteiger partial charge in [0.1, 0.15) is 12.4 Å². The Morgan fingerprint density at radius 3 is 2.46 bits per heavy atom. The number of hydrogen-bond acceptors (Lipinski definition) is 5. The van der Waals surface area contributed by atoms with Crippen LogP contribution in [0.1, 0.15) is 24.2 Å². The van der Waals surface area contributed by atoms with Gasteiger partial charge in [0.05, 0.1) is 23.9 Å². The lowest BCUT2D eigenvalue weighted by molar-refractivity contribution is 0.0603. The summed E-state index contributed by atoms with van der Waals surface area (Å²) in [7, 11) is 1.38. The van der Waals surface area contributed by atoms with Crippen LogP contribution in [0.3, 0.4) is 0 Å². The molecule has 0 aliphatic rings. The molecule has 3 aromatic rings. The Bertz CT molecular complexity index is 937. The first-order valence-electron chi connectivity index (χ1n) is 9.60. The van der Waals surface area contributed by atoms with Crippen molar-refractivity contribution in [2.45, 2.75) is 13.8 Å². The zero-order valence-electron chi connectivity index (χ0n) is 16.6. The normalized spacial score (nSPS) is 11.0. The van der Waals surface area contributed by atoms with Crippen LogP contribution in [-0.4, -0.2) is 49.2 Å². The number of hydrogen-bond donors (Lipinski definition) is 0. The molecule has 0 unspecified atom stereocenters. The minimum atomic E-state index is -0.405. The Morgan fingerprint density at radius 2 is 1.79 bits per heavy atom. The number of nitrogens with zero attached hydrogens (tertiary/aromatic N) is 2. The van der Waals surface area contributed by atoms with E-state index in [0.717, 1.165) is 42.0 Å². The van der Waals surface area contributed by atoms with Gasteiger partial charge < -0.3 is 14.4 Å². The molecular weight excluding hydrogens is 352 g/mol. The molecular formula is C23H26N2O3. The van der Waals surface area contributed by atoms with Gasteiger partial charge in [0.25, 0.3) is 0 Å². The molecule has 0 saturated carbocycles. The number of pyridine rings is 1. The lowest BCUT2D eigenvalue weighted by Gasteiger charge is -2.19. The minimum absolute atomic E-state index is 0.405. The molecule has 0 N–H and O–H groups in total. The summed E-state index contributed by atoms with van der Waals surface area (Å²) in [6, 6.07) is 17.3. The van der Waals surface area contributed by atoms with Crippen LogP contribution in [0, 0.1) is 0 Å². The van der Waals surface area contributed by atoms with Gasteiger partial charge in [-0.3, -0.25) is 0 Å². The maximum Gasteiger partial charge on any atom is 0.340 e. The van der Waals surface area contributed by atoms with Crippen molar-refractivity contribution in [2.24, 2.45) is 0 Å². The van der Waals surface area contributed by atoms with Crippen molar-refractivity contribution in [1.82, 2.24) is 9.88 Å². The molecule has 5 heteroatoms. The van der Waals surface area contributed by atoms with Crippen LogP contribution in [0.15, 0.2) is 54.6 Å². The van der Waals surface area contributed by atoms with Gasteiger partial charge in [0, 0.05) is 23.6 Å². The first-order chi connectivity index (χ1) is 13.7. The number of rotatable bonds is 8. The topological polar surface area (TPSA) is 51.7 Å². The van der Waals surface area contributed by atoms with E-state index in [-0.39, 0.29) is 0 Å². The predicted octanol–water partition coefficient (Wildman–Crippen LogP) is 4.41. The molecule has 1 aromatic heterocycles. The van der Waals surface area contributed by atoms with Crippen molar-refractivity contribution in [2.75, 3.05) is 33.4 Å². The molecule has 0 atom stereocenters. The predicted molar refractivity (Wildman–Crippen MR) is 112 cm³/mol. The number of aromatic nitrogens is 1. The highest BCUT2D eigenvalue weighted by Crippen LogP contribution is 2.32. The Labute approximate surface area is 165 Å². The molecule has 0 aliphatic carbocycles. The smallest absolute Gasteiger partial charge is 0.340 e. The second-order valence-corrected chi connectivity index (χ2v) is 6.44. The third kappa shape index (κ3) is 4.31. The summed E-state index contributed by atoms with van der Waals surface area (Å²) in [6.45, 7) is 7.66. The molecule has 3 rings (SSSR count). The summed E-state index contributed by atoms with van der Waals surface area (Å²) in [5.41, 5.74) is 2.76. The summed E-state index contributed by atoms with van der Waals surface area (Å²) in [4.78, 5) is 19.3. The molecule has 0 amide bonds. The van der Waals surface area contributed by atoms with Crippen molar-refractivity contribution >= 4 is 16.9 Å². The fourth-order valence-electron chi connectivity index (χ4n) is 3.19. The number of ether oxygens (including phenoxy) is 2. The Morgan fingerprint density at radius 1 is 1.04 bits per heavy atom. The number of para-hydroxylation sites is 1. The Balaban J connectivity index is 2.06. The lowest BCUT2D eigenvalue weighted by atomic mass is 10.1. The molecule has 0 saturated heterocycles. The van der Waals surface area contributed by atoms with Crippen LogP contribution < -0.4 is 4.74 Å². The fourth-order valence-corrected chi connectivity index (χ4v) is 3.19. The SMILES string of the molecule is CCN(CC)CCOc1cc(-c2ccccc2)nc2c(C(=O)OC)cccc12. The fraction of sp³-hybridized carbons (Fsp3) is 0.304. The van der Waals surface area contributed by atoms with Crippen LogP contribution >= 0.6 is 0 Å². The lowest BCUT2D eigenvalue weighted by Crippen LogP contribution is -2.27. The zero-order chi connectivity index (χ0) is 19.9. The third-order valence-electron chi connectivity index (χ3n) is 4.84. The van der Waals surface area contributed by atoms with Gasteiger partial charge in [-0.25, -0.2) is 9.78 Å². The quantitative estimate of drug-likeness (QED) is 0.544. The second kappa shape index (κ2) is 9.33. The summed E-state index contributed by atoms with van der Waals surface area (Å²) in [5.74, 6) is 0.319. The van der Waals surface area contributed by atoms with Crippen molar-refractivity contribution in [3.8, 4) is 17.0 Å². The molecule has 146 valence electrons. The number of methoxy groups -OCH3 is 1. The number of carbonyl (C=O) groups excluding carboxylic acids is 1. The molecule has 0 spiro atoms. The van der Waals surface area contributed by atoms with E-state index in [1.807, 2.05) is 48.5 Å². The first kappa shape index (κ1) is 19.8. The largest absolute Gasteiger partial charge is 0.491 e. The molecule has 0 aliphatic heterocycles. The highest BCUT2D eigenvalue weighted by Gasteiger charge is 2.16. The van der Waals surface area contributed by atoms with E-state index in [0.29, 0.717) is 17.7 Å². The van der Waals surface area contributed by atoms with Gasteiger partial charge >= 0.3 is 5.97 Å². The molecule has 2 aromatic carbocycles. The van der Waals surface area contributed by atoms with Crippen molar-refractivity contribution in [3.63, 3.8) is 0 Å². The molecule has 5 nitrogen and oxygen atoms in total. The average Bonchev–Trinajstić information content (AvgIpc) is 2.76. The van der Waals surface area contributed by atoms with E-state index in [2.05, 4.69) is 18.7 Å². The van der Waals surface area contributed by atoms with Gasteiger partial charge in [-0.1, -0.05) is 50.2 Å². The number of fused-ring (bicyclic) bond motifs is 1. The van der Waals surface area contributed by atoms with Gasteiger partial charge in [-0.2, -0.15) is 0 Å². The van der Waals surface area contributed by atoms with Crippen LogP contribution in [0.5, 0.6) is 5.75 Å². The summed E-state index contributed by atoms with van der Waals surface area (Å²) in [6.07, 6.45) is 0. The van der Waals surface area contributed by atoms with E-state index < -0.39 is 5.97 Å². The van der Waals surface area contributed by atoms with Crippen LogP contribution in [0.4, 0.5) is 0 Å². The zero-order valence-corrected chi connectivity index (χ0v) is 16.6. The molecule has 0 fully saturated rings. The Hall–Kier alpha value is -2.92. The molecule has 0 bridgehead atoms. The van der Waals surface area contributed by atoms with Crippen LogP contribution in [-0.2, 0) is 4.74 Å². The van der Waals surface area contributed by atoms with Crippen LogP contribution in [0.25, 0.3) is 22.2 Å². The molecule has 0 radical (unpaired) electrons. The maximum atomic E-state index is 12.3. The number of benzene rings is 2. The average molecular weight is 378 g/mol. The summed E-state index contributed by atoms with van der Waals surface area (Å²) < 4.78 is 11.1. The van der Waals surface area contributed by atoms with Crippen molar-refractivity contribution in [3.05, 3.63) is 60.2 Å². The number of likely N-dealkylation sites (N-methyl/N-ethyl adjacent to an activating group) is 1. The second-order valence-electron chi connectivity index (χ2n) is 6.44. The van der Waals surface area contributed by atoms with E-state index in [9.17, 15) is 4.79 Å². The monoisotopic (exact) mass is 378 g/mol. The van der Waals surface area contributed by atoms with Crippen LogP contribution in [0.2, 0.25) is 0 Å². The van der Waals surface area contributed by atoms with E-state index in [4.69, 9.17) is 14.5 Å². The highest BCUT2D eigenvalue weighted by atomic mass is 16.5. The molecule has 28 heavy (non-hydrogen) atoms. The Kier molecular flexibility index (Phi) is 6.61. The minimum Gasteiger partial charge on any atom is -0.491 e. The maximum absolute atomic E-state index is 12.3. The van der Waals surface area contributed by atoms with Crippen molar-refractivity contribution in [1.29, 1.82) is 0 Å². The van der Waals surface area contributed by atoms with E-state index in [1.54, 1.807) is 6.07 Å². The molecule has 1 heterocycles. The first-order valence-corrected chi connectivity index (χ1v) is 9.60. The summed E-state index contributed by atoms with van der Waals surface area (Å²) in [5, 5.41) is 0.808. The van der Waals surface area contributed by atoms with Gasteiger partial charge in [-0.15, -0.1) is 0 Å². The van der Waals surface area contributed by atoms with E-state index >= 15 is 0 Å². The third-order valence-corrected chi connectivity index (χ3v) is 4.84. The van der Waals surface area contributed by atoms with Gasteiger partial charge in [0.15, 0.2) is 0 Å². The number of esters is 1. The summed E-state index contributed by atoms with van der Waals surface area (Å²) >= 11 is 0. The number of carbonyl (C=O) groups is 1. The standard InChI is InChI=1S/C23H26N2O3/c1-4-25(5-2)14-15-28-21-16-20(17-10-7-6-8-11-17)24-22-18(21)12-9-13-19(22)23(26)27-3/h6-13,16H,4-5,14-15H2,1-3H3. The van der Waals surface area contributed by atoms with Gasteiger partial charge in [-0.05, 0) is 25.2 Å². The highest BCUT2D eigenvalue weighted by molar-refractivity contribution is 6.05. The van der Waals surface area contributed by atoms with Gasteiger partial charge in [0.2, 0.25) is 0 Å². The van der Waals surface area contributed by atoms with E-state index in [1.165, 1.54) is 7.11 Å².